The Hall–Kier alpha value is -1.45. The lowest BCUT2D eigenvalue weighted by molar-refractivity contribution is -0.134. The molecule has 5 unspecified atom stereocenters. The molecule has 4 nitrogen and oxygen atoms in total. The molecule has 3 saturated carbocycles. The zero-order valence-electron chi connectivity index (χ0n) is 18.1. The second kappa shape index (κ2) is 7.42. The van der Waals surface area contributed by atoms with Gasteiger partial charge in [-0.05, 0) is 86.0 Å². The average molecular weight is 389 g/mol. The molecule has 0 aromatic heterocycles. The van der Waals surface area contributed by atoms with Crippen molar-refractivity contribution in [3.63, 3.8) is 0 Å². The second-order valence-corrected chi connectivity index (χ2v) is 10.3. The molecule has 0 aromatic carbocycles. The summed E-state index contributed by atoms with van der Waals surface area (Å²) in [6, 6.07) is 0. The van der Waals surface area contributed by atoms with Crippen LogP contribution in [-0.2, 0) is 14.4 Å². The number of aliphatic carboxylic acids is 1. The number of carboxylic acids is 1. The SMILES string of the molecule is CC(=O)C1CCC2C3C[C@H](C)C4=CC(=O)CCC4(C)[C@H]3CCC12C.CC(=O)O. The van der Waals surface area contributed by atoms with E-state index in [4.69, 9.17) is 9.90 Å². The van der Waals surface area contributed by atoms with Gasteiger partial charge in [0.2, 0.25) is 0 Å². The Morgan fingerprint density at radius 3 is 2.32 bits per heavy atom. The summed E-state index contributed by atoms with van der Waals surface area (Å²) in [5.41, 5.74) is 1.91. The van der Waals surface area contributed by atoms with Gasteiger partial charge in [-0.2, -0.15) is 0 Å². The molecule has 3 fully saturated rings. The van der Waals surface area contributed by atoms with Gasteiger partial charge >= 0.3 is 0 Å². The predicted octanol–water partition coefficient (Wildman–Crippen LogP) is 5.06. The van der Waals surface area contributed by atoms with Gasteiger partial charge in [0.1, 0.15) is 5.78 Å². The Bertz CT molecular complexity index is 703. The number of Topliss-reactive ketones (excluding diaryl/α,β-unsaturated/α-hetero) is 1. The van der Waals surface area contributed by atoms with Crippen LogP contribution in [0.4, 0.5) is 0 Å². The Kier molecular flexibility index (Phi) is 5.64. The third kappa shape index (κ3) is 3.37. The van der Waals surface area contributed by atoms with Crippen molar-refractivity contribution in [2.45, 2.75) is 79.6 Å². The van der Waals surface area contributed by atoms with Crippen LogP contribution in [0.3, 0.4) is 0 Å². The van der Waals surface area contributed by atoms with Crippen molar-refractivity contribution < 1.29 is 19.5 Å². The van der Waals surface area contributed by atoms with Crippen molar-refractivity contribution in [1.82, 2.24) is 0 Å². The summed E-state index contributed by atoms with van der Waals surface area (Å²) in [6.07, 6.45) is 9.80. The summed E-state index contributed by atoms with van der Waals surface area (Å²) in [5, 5.41) is 7.42. The maximum absolute atomic E-state index is 12.2. The van der Waals surface area contributed by atoms with E-state index in [2.05, 4.69) is 20.8 Å². The van der Waals surface area contributed by atoms with E-state index in [1.807, 2.05) is 13.0 Å². The molecule has 0 aliphatic heterocycles. The lowest BCUT2D eigenvalue weighted by Crippen LogP contribution is -2.52. The molecule has 0 saturated heterocycles. The maximum Gasteiger partial charge on any atom is 0.300 e. The fourth-order valence-corrected chi connectivity index (χ4v) is 7.65. The third-order valence-electron chi connectivity index (χ3n) is 8.77. The summed E-state index contributed by atoms with van der Waals surface area (Å²) in [5.74, 6) is 2.91. The first-order chi connectivity index (χ1) is 13.0. The molecular formula is C24H36O4. The Morgan fingerprint density at radius 2 is 1.71 bits per heavy atom. The molecule has 4 heteroatoms. The van der Waals surface area contributed by atoms with Gasteiger partial charge < -0.3 is 5.11 Å². The number of carbonyl (C=O) groups is 3. The zero-order valence-corrected chi connectivity index (χ0v) is 18.1. The molecule has 0 bridgehead atoms. The van der Waals surface area contributed by atoms with Crippen LogP contribution in [-0.4, -0.2) is 22.6 Å². The van der Waals surface area contributed by atoms with E-state index in [0.29, 0.717) is 23.4 Å². The summed E-state index contributed by atoms with van der Waals surface area (Å²) in [4.78, 5) is 33.2. The zero-order chi connectivity index (χ0) is 20.9. The van der Waals surface area contributed by atoms with Crippen molar-refractivity contribution in [2.24, 2.45) is 40.4 Å². The monoisotopic (exact) mass is 388 g/mol. The standard InChI is InChI=1S/C22H32O2.C2H4O2/c1-13-11-16-18-6-5-17(14(2)23)21(18,3)10-8-19(16)22(4)9-7-15(24)12-20(13)22;1-2(3)4/h12-13,16-19H,5-11H2,1-4H3;1H3,(H,3,4)/t13-,16?,17?,18?,19-,21?,22?;/m0./s1. The van der Waals surface area contributed by atoms with Crippen molar-refractivity contribution >= 4 is 17.5 Å². The number of rotatable bonds is 1. The molecule has 0 spiro atoms. The highest BCUT2D eigenvalue weighted by atomic mass is 16.4. The quantitative estimate of drug-likeness (QED) is 0.681. The van der Waals surface area contributed by atoms with E-state index >= 15 is 0 Å². The molecule has 4 aliphatic rings. The van der Waals surface area contributed by atoms with Crippen molar-refractivity contribution in [2.75, 3.05) is 0 Å². The van der Waals surface area contributed by atoms with Gasteiger partial charge in [0.15, 0.2) is 5.78 Å². The van der Waals surface area contributed by atoms with E-state index in [9.17, 15) is 9.59 Å². The van der Waals surface area contributed by atoms with Crippen LogP contribution in [0.25, 0.3) is 0 Å². The van der Waals surface area contributed by atoms with E-state index in [0.717, 1.165) is 38.0 Å². The number of carboxylic acid groups (broad SMARTS) is 1. The fourth-order valence-electron chi connectivity index (χ4n) is 7.65. The highest BCUT2D eigenvalue weighted by Gasteiger charge is 2.60. The first-order valence-corrected chi connectivity index (χ1v) is 11.0. The minimum absolute atomic E-state index is 0.228. The molecule has 1 N–H and O–H groups in total. The molecule has 4 rings (SSSR count). The van der Waals surface area contributed by atoms with Crippen LogP contribution in [0.2, 0.25) is 0 Å². The number of fused-ring (bicyclic) bond motifs is 5. The van der Waals surface area contributed by atoms with Crippen molar-refractivity contribution in [1.29, 1.82) is 0 Å². The smallest absolute Gasteiger partial charge is 0.300 e. The minimum atomic E-state index is -0.833. The molecule has 0 aromatic rings. The van der Waals surface area contributed by atoms with Crippen molar-refractivity contribution in [3.8, 4) is 0 Å². The van der Waals surface area contributed by atoms with Crippen LogP contribution < -0.4 is 0 Å². The van der Waals surface area contributed by atoms with Crippen LogP contribution >= 0.6 is 0 Å². The first-order valence-electron chi connectivity index (χ1n) is 11.0. The lowest BCUT2D eigenvalue weighted by Gasteiger charge is -2.59. The number of hydrogen-bond donors (Lipinski definition) is 1. The van der Waals surface area contributed by atoms with Gasteiger partial charge in [-0.1, -0.05) is 26.3 Å². The largest absolute Gasteiger partial charge is 0.481 e. The first kappa shape index (κ1) is 21.3. The van der Waals surface area contributed by atoms with E-state index < -0.39 is 5.97 Å². The van der Waals surface area contributed by atoms with Crippen LogP contribution in [0.5, 0.6) is 0 Å². The van der Waals surface area contributed by atoms with Gasteiger partial charge in [-0.15, -0.1) is 0 Å². The normalized spacial score (nSPS) is 44.2. The molecule has 28 heavy (non-hydrogen) atoms. The second-order valence-electron chi connectivity index (χ2n) is 10.3. The number of carbonyl (C=O) groups excluding carboxylic acids is 2. The molecule has 0 radical (unpaired) electrons. The van der Waals surface area contributed by atoms with Gasteiger partial charge in [0.25, 0.3) is 5.97 Å². The summed E-state index contributed by atoms with van der Waals surface area (Å²) < 4.78 is 0. The van der Waals surface area contributed by atoms with Gasteiger partial charge in [-0.25, -0.2) is 0 Å². The highest BCUT2D eigenvalue weighted by Crippen LogP contribution is 2.67. The third-order valence-corrected chi connectivity index (χ3v) is 8.77. The van der Waals surface area contributed by atoms with Gasteiger partial charge in [-0.3, -0.25) is 14.4 Å². The lowest BCUT2D eigenvalue weighted by atomic mass is 9.45. The Balaban J connectivity index is 0.000000516. The maximum atomic E-state index is 12.2. The number of allylic oxidation sites excluding steroid dienone is 1. The topological polar surface area (TPSA) is 71.4 Å². The Labute approximate surface area is 169 Å². The molecule has 0 heterocycles. The summed E-state index contributed by atoms with van der Waals surface area (Å²) in [7, 11) is 0. The summed E-state index contributed by atoms with van der Waals surface area (Å²) >= 11 is 0. The van der Waals surface area contributed by atoms with Crippen LogP contribution in [0.1, 0.15) is 79.6 Å². The van der Waals surface area contributed by atoms with Gasteiger partial charge in [0, 0.05) is 19.3 Å². The molecule has 156 valence electrons. The molecule has 7 atom stereocenters. The van der Waals surface area contributed by atoms with E-state index in [-0.39, 0.29) is 16.7 Å². The number of ketones is 2. The van der Waals surface area contributed by atoms with Crippen LogP contribution in [0.15, 0.2) is 11.6 Å². The highest BCUT2D eigenvalue weighted by molar-refractivity contribution is 5.91. The van der Waals surface area contributed by atoms with Gasteiger partial charge in [0.05, 0.1) is 0 Å². The predicted molar refractivity (Wildman–Crippen MR) is 109 cm³/mol. The fraction of sp³-hybridized carbons (Fsp3) is 0.792. The molecule has 4 aliphatic carbocycles. The molecular weight excluding hydrogens is 352 g/mol. The molecule has 0 amide bonds. The number of hydrogen-bond acceptors (Lipinski definition) is 3. The summed E-state index contributed by atoms with van der Waals surface area (Å²) in [6.45, 7) is 10.1. The minimum Gasteiger partial charge on any atom is -0.481 e. The van der Waals surface area contributed by atoms with Crippen molar-refractivity contribution in [3.05, 3.63) is 11.6 Å². The Morgan fingerprint density at radius 1 is 1.07 bits per heavy atom. The van der Waals surface area contributed by atoms with Crippen LogP contribution in [0, 0.1) is 40.4 Å². The van der Waals surface area contributed by atoms with E-state index in [1.54, 1.807) is 0 Å². The van der Waals surface area contributed by atoms with E-state index in [1.165, 1.54) is 31.3 Å². The average Bonchev–Trinajstić information content (AvgIpc) is 2.94.